The summed E-state index contributed by atoms with van der Waals surface area (Å²) in [4.78, 5) is 4.46. The average Bonchev–Trinajstić information content (AvgIpc) is 2.53. The van der Waals surface area contributed by atoms with E-state index in [2.05, 4.69) is 41.5 Å². The van der Waals surface area contributed by atoms with E-state index < -0.39 is 0 Å². The molecule has 0 fully saturated rings. The van der Waals surface area contributed by atoms with Crippen molar-refractivity contribution in [1.82, 2.24) is 4.98 Å². The summed E-state index contributed by atoms with van der Waals surface area (Å²) in [7, 11) is 1.68. The Balaban J connectivity index is 1.89. The van der Waals surface area contributed by atoms with Crippen molar-refractivity contribution in [1.29, 1.82) is 0 Å². The van der Waals surface area contributed by atoms with Gasteiger partial charge in [-0.05, 0) is 47.7 Å². The van der Waals surface area contributed by atoms with Crippen molar-refractivity contribution in [3.05, 3.63) is 65.9 Å². The van der Waals surface area contributed by atoms with Crippen LogP contribution in [-0.2, 0) is 6.54 Å². The number of nitrogens with one attached hydrogen (secondary N) is 1. The Morgan fingerprint density at radius 1 is 1.10 bits per heavy atom. The molecule has 0 spiro atoms. The first-order valence-electron chi connectivity index (χ1n) is 6.99. The monoisotopic (exact) mass is 278 g/mol. The van der Waals surface area contributed by atoms with Gasteiger partial charge in [0.15, 0.2) is 0 Å². The van der Waals surface area contributed by atoms with E-state index in [0.717, 1.165) is 28.9 Å². The topological polar surface area (TPSA) is 34.1 Å². The number of rotatable bonds is 4. The van der Waals surface area contributed by atoms with E-state index in [1.54, 1.807) is 7.11 Å². The number of nitrogens with zero attached hydrogens (tertiary/aromatic N) is 1. The van der Waals surface area contributed by atoms with Gasteiger partial charge in [0.1, 0.15) is 11.6 Å². The Hall–Kier alpha value is -2.55. The van der Waals surface area contributed by atoms with Crippen molar-refractivity contribution >= 4 is 16.6 Å². The molecular weight excluding hydrogens is 260 g/mol. The fraction of sp³-hybridized carbons (Fsp3) is 0.167. The van der Waals surface area contributed by atoms with Crippen LogP contribution >= 0.6 is 0 Å². The summed E-state index contributed by atoms with van der Waals surface area (Å²) in [6.45, 7) is 2.89. The van der Waals surface area contributed by atoms with Crippen LogP contribution in [-0.4, -0.2) is 12.1 Å². The minimum atomic E-state index is 0.769. The number of hydrogen-bond donors (Lipinski definition) is 1. The third-order valence-electron chi connectivity index (χ3n) is 3.68. The largest absolute Gasteiger partial charge is 0.497 e. The maximum atomic E-state index is 5.27. The van der Waals surface area contributed by atoms with E-state index in [0.29, 0.717) is 0 Å². The highest BCUT2D eigenvalue weighted by Crippen LogP contribution is 2.25. The summed E-state index contributed by atoms with van der Waals surface area (Å²) in [5.41, 5.74) is 2.57. The first-order valence-corrected chi connectivity index (χ1v) is 6.99. The van der Waals surface area contributed by atoms with Crippen molar-refractivity contribution in [3.63, 3.8) is 0 Å². The number of aryl methyl sites for hydroxylation is 1. The highest BCUT2D eigenvalue weighted by atomic mass is 16.5. The van der Waals surface area contributed by atoms with Gasteiger partial charge in [0, 0.05) is 18.1 Å². The second-order valence-corrected chi connectivity index (χ2v) is 5.03. The maximum Gasteiger partial charge on any atom is 0.134 e. The summed E-state index contributed by atoms with van der Waals surface area (Å²) >= 11 is 0. The highest BCUT2D eigenvalue weighted by Gasteiger charge is 2.04. The molecule has 0 saturated carbocycles. The number of anilines is 1. The van der Waals surface area contributed by atoms with E-state index in [9.17, 15) is 0 Å². The van der Waals surface area contributed by atoms with Crippen LogP contribution in [0.4, 0.5) is 5.82 Å². The van der Waals surface area contributed by atoms with Gasteiger partial charge < -0.3 is 10.1 Å². The molecule has 0 amide bonds. The zero-order valence-electron chi connectivity index (χ0n) is 12.3. The van der Waals surface area contributed by atoms with Gasteiger partial charge in [-0.3, -0.25) is 0 Å². The van der Waals surface area contributed by atoms with Gasteiger partial charge in [-0.15, -0.1) is 0 Å². The number of fused-ring (bicyclic) bond motifs is 1. The van der Waals surface area contributed by atoms with Crippen LogP contribution in [0.5, 0.6) is 5.75 Å². The van der Waals surface area contributed by atoms with Crippen molar-refractivity contribution < 1.29 is 4.74 Å². The molecule has 0 atom stereocenters. The Morgan fingerprint density at radius 3 is 2.76 bits per heavy atom. The van der Waals surface area contributed by atoms with Crippen LogP contribution in [0.2, 0.25) is 0 Å². The second kappa shape index (κ2) is 5.83. The van der Waals surface area contributed by atoms with Crippen molar-refractivity contribution in [3.8, 4) is 5.75 Å². The van der Waals surface area contributed by atoms with Crippen LogP contribution in [0.15, 0.2) is 54.7 Å². The lowest BCUT2D eigenvalue weighted by molar-refractivity contribution is 0.415. The molecule has 3 aromatic rings. The predicted octanol–water partition coefficient (Wildman–Crippen LogP) is 4.16. The lowest BCUT2D eigenvalue weighted by Gasteiger charge is -2.11. The summed E-state index contributed by atoms with van der Waals surface area (Å²) < 4.78 is 5.27. The molecule has 1 aromatic heterocycles. The van der Waals surface area contributed by atoms with Crippen LogP contribution in [0.1, 0.15) is 11.1 Å². The molecule has 2 aromatic carbocycles. The Bertz CT molecular complexity index is 768. The maximum absolute atomic E-state index is 5.27. The number of hydrogen-bond acceptors (Lipinski definition) is 3. The summed E-state index contributed by atoms with van der Waals surface area (Å²) in [5, 5.41) is 5.66. The minimum absolute atomic E-state index is 0.769. The number of aromatic nitrogens is 1. The fourth-order valence-electron chi connectivity index (χ4n) is 2.41. The van der Waals surface area contributed by atoms with E-state index in [1.807, 2.05) is 30.5 Å². The number of pyridine rings is 1. The van der Waals surface area contributed by atoms with Crippen molar-refractivity contribution in [2.75, 3.05) is 12.4 Å². The van der Waals surface area contributed by atoms with Gasteiger partial charge in [-0.2, -0.15) is 0 Å². The van der Waals surface area contributed by atoms with Gasteiger partial charge in [-0.25, -0.2) is 4.98 Å². The molecule has 0 aliphatic rings. The lowest BCUT2D eigenvalue weighted by atomic mass is 10.1. The molecule has 106 valence electrons. The molecule has 3 rings (SSSR count). The van der Waals surface area contributed by atoms with Crippen LogP contribution in [0, 0.1) is 6.92 Å². The smallest absolute Gasteiger partial charge is 0.134 e. The molecule has 0 aliphatic heterocycles. The SMILES string of the molecule is COc1ccc2c(NCc3ccccc3C)nccc2c1. The third-order valence-corrected chi connectivity index (χ3v) is 3.68. The van der Waals surface area contributed by atoms with Crippen LogP contribution < -0.4 is 10.1 Å². The Morgan fingerprint density at radius 2 is 1.95 bits per heavy atom. The molecule has 0 bridgehead atoms. The molecule has 0 aliphatic carbocycles. The van der Waals surface area contributed by atoms with Gasteiger partial charge in [0.05, 0.1) is 7.11 Å². The van der Waals surface area contributed by atoms with Gasteiger partial charge in [0.25, 0.3) is 0 Å². The van der Waals surface area contributed by atoms with Crippen LogP contribution in [0.25, 0.3) is 10.8 Å². The zero-order chi connectivity index (χ0) is 14.7. The number of ether oxygens (including phenoxy) is 1. The molecule has 3 heteroatoms. The summed E-state index contributed by atoms with van der Waals surface area (Å²) in [6, 6.07) is 16.4. The zero-order valence-corrected chi connectivity index (χ0v) is 12.3. The quantitative estimate of drug-likeness (QED) is 0.778. The average molecular weight is 278 g/mol. The summed E-state index contributed by atoms with van der Waals surface area (Å²) in [6.07, 6.45) is 1.82. The van der Waals surface area contributed by atoms with Crippen molar-refractivity contribution in [2.24, 2.45) is 0 Å². The molecule has 1 N–H and O–H groups in total. The third kappa shape index (κ3) is 2.82. The Kier molecular flexibility index (Phi) is 3.73. The Labute approximate surface area is 124 Å². The molecule has 0 radical (unpaired) electrons. The minimum Gasteiger partial charge on any atom is -0.497 e. The van der Waals surface area contributed by atoms with Crippen LogP contribution in [0.3, 0.4) is 0 Å². The normalized spacial score (nSPS) is 10.6. The second-order valence-electron chi connectivity index (χ2n) is 5.03. The molecule has 0 saturated heterocycles. The van der Waals surface area contributed by atoms with Gasteiger partial charge in [0.2, 0.25) is 0 Å². The van der Waals surface area contributed by atoms with E-state index in [4.69, 9.17) is 4.74 Å². The van der Waals surface area contributed by atoms with E-state index >= 15 is 0 Å². The molecule has 0 unspecified atom stereocenters. The summed E-state index contributed by atoms with van der Waals surface area (Å²) in [5.74, 6) is 1.76. The fourth-order valence-corrected chi connectivity index (χ4v) is 2.41. The predicted molar refractivity (Wildman–Crippen MR) is 86.8 cm³/mol. The van der Waals surface area contributed by atoms with Gasteiger partial charge >= 0.3 is 0 Å². The first-order chi connectivity index (χ1) is 10.3. The molecule has 3 nitrogen and oxygen atoms in total. The number of methoxy groups -OCH3 is 1. The highest BCUT2D eigenvalue weighted by molar-refractivity contribution is 5.92. The lowest BCUT2D eigenvalue weighted by Crippen LogP contribution is -2.03. The first kappa shape index (κ1) is 13.4. The van der Waals surface area contributed by atoms with E-state index in [1.165, 1.54) is 11.1 Å². The standard InChI is InChI=1S/C18H18N2O/c1-13-5-3-4-6-15(13)12-20-18-17-8-7-16(21-2)11-14(17)9-10-19-18/h3-11H,12H2,1-2H3,(H,19,20). The number of benzene rings is 2. The molecular formula is C18H18N2O. The van der Waals surface area contributed by atoms with E-state index in [-0.39, 0.29) is 0 Å². The molecule has 21 heavy (non-hydrogen) atoms. The van der Waals surface area contributed by atoms with Crippen molar-refractivity contribution in [2.45, 2.75) is 13.5 Å². The molecule has 1 heterocycles. The van der Waals surface area contributed by atoms with Gasteiger partial charge in [-0.1, -0.05) is 24.3 Å².